The van der Waals surface area contributed by atoms with E-state index < -0.39 is 5.16 Å². The number of hydrogen-bond donors (Lipinski definition) is 0. The summed E-state index contributed by atoms with van der Waals surface area (Å²) < 4.78 is 5.37. The zero-order valence-electron chi connectivity index (χ0n) is 14.8. The van der Waals surface area contributed by atoms with Gasteiger partial charge in [-0.15, -0.1) is 9.24 Å². The van der Waals surface area contributed by atoms with Crippen LogP contribution in [0.25, 0.3) is 0 Å². The highest BCUT2D eigenvalue weighted by atomic mass is 31.0. The number of carbonyl (C=O) groups excluding carboxylic acids is 1. The Morgan fingerprint density at radius 1 is 1.18 bits per heavy atom. The van der Waals surface area contributed by atoms with E-state index in [1.807, 2.05) is 6.92 Å². The number of carbonyl (C=O) groups is 1. The smallest absolute Gasteiger partial charge is 0.320 e. The number of cyclic esters (lactones) is 1. The molecule has 3 atom stereocenters. The molecule has 4 nitrogen and oxygen atoms in total. The maximum atomic E-state index is 12.3. The minimum absolute atomic E-state index is 0.0395. The number of rotatable bonds is 1. The van der Waals surface area contributed by atoms with Gasteiger partial charge in [-0.05, 0) is 54.5 Å². The highest BCUT2D eigenvalue weighted by molar-refractivity contribution is 7.21. The van der Waals surface area contributed by atoms with Gasteiger partial charge < -0.3 is 14.5 Å². The SMILES string of the molecule is CC1CC(P)(C=C2N(C(C)(C)C)C=CN2C(C)(C)C)C(=O)O1. The van der Waals surface area contributed by atoms with Crippen LogP contribution in [0.1, 0.15) is 54.9 Å². The first-order valence-corrected chi connectivity index (χ1v) is 8.42. The van der Waals surface area contributed by atoms with Crippen LogP contribution >= 0.6 is 9.24 Å². The molecule has 2 heterocycles. The van der Waals surface area contributed by atoms with Crippen molar-refractivity contribution in [3.63, 3.8) is 0 Å². The van der Waals surface area contributed by atoms with Crippen LogP contribution in [0, 0.1) is 0 Å². The van der Waals surface area contributed by atoms with E-state index in [-0.39, 0.29) is 23.2 Å². The number of esters is 1. The van der Waals surface area contributed by atoms with Gasteiger partial charge in [0.05, 0.1) is 0 Å². The molecule has 0 aliphatic carbocycles. The second-order valence-electron chi connectivity index (χ2n) is 8.34. The van der Waals surface area contributed by atoms with Crippen molar-refractivity contribution in [3.8, 4) is 0 Å². The summed E-state index contributed by atoms with van der Waals surface area (Å²) in [7, 11) is 2.71. The predicted molar refractivity (Wildman–Crippen MR) is 93.0 cm³/mol. The van der Waals surface area contributed by atoms with Gasteiger partial charge in [0.25, 0.3) is 0 Å². The number of nitrogens with zero attached hydrogens (tertiary/aromatic N) is 2. The zero-order valence-corrected chi connectivity index (χ0v) is 16.0. The molecule has 0 aromatic heterocycles. The molecule has 124 valence electrons. The molecule has 22 heavy (non-hydrogen) atoms. The fraction of sp³-hybridized carbons (Fsp3) is 0.706. The second kappa shape index (κ2) is 5.26. The standard InChI is InChI=1S/C17H29N2O2P/c1-12-10-17(22,14(20)21-12)11-13-18(15(2,3)4)8-9-19(13)16(5,6)7/h8-9,11-12H,10,22H2,1-7H3. The van der Waals surface area contributed by atoms with Crippen molar-refractivity contribution in [3.05, 3.63) is 24.3 Å². The molecule has 5 heteroatoms. The van der Waals surface area contributed by atoms with Gasteiger partial charge in [0, 0.05) is 29.9 Å². The Morgan fingerprint density at radius 3 is 1.95 bits per heavy atom. The van der Waals surface area contributed by atoms with E-state index in [0.717, 1.165) is 5.82 Å². The van der Waals surface area contributed by atoms with E-state index in [1.165, 1.54) is 0 Å². The summed E-state index contributed by atoms with van der Waals surface area (Å²) in [4.78, 5) is 16.7. The third kappa shape index (κ3) is 3.17. The normalized spacial score (nSPS) is 29.4. The Balaban J connectivity index is 2.46. The van der Waals surface area contributed by atoms with Crippen molar-refractivity contribution in [2.45, 2.75) is 77.2 Å². The van der Waals surface area contributed by atoms with Crippen molar-refractivity contribution in [1.82, 2.24) is 9.80 Å². The second-order valence-corrected chi connectivity index (χ2v) is 9.37. The third-order valence-electron chi connectivity index (χ3n) is 4.00. The molecule has 2 aliphatic heterocycles. The fourth-order valence-corrected chi connectivity index (χ4v) is 3.47. The molecule has 2 rings (SSSR count). The van der Waals surface area contributed by atoms with E-state index in [4.69, 9.17) is 4.74 Å². The molecule has 1 saturated heterocycles. The molecule has 0 N–H and O–H groups in total. The Morgan fingerprint density at radius 2 is 1.64 bits per heavy atom. The molecule has 0 radical (unpaired) electrons. The molecular weight excluding hydrogens is 295 g/mol. The molecule has 0 aromatic carbocycles. The van der Waals surface area contributed by atoms with Crippen LogP contribution in [0.3, 0.4) is 0 Å². The third-order valence-corrected chi connectivity index (χ3v) is 4.64. The molecule has 0 aromatic rings. The van der Waals surface area contributed by atoms with Gasteiger partial charge in [-0.3, -0.25) is 4.79 Å². The molecule has 0 amide bonds. The summed E-state index contributed by atoms with van der Waals surface area (Å²) in [6, 6.07) is 0. The van der Waals surface area contributed by atoms with E-state index in [2.05, 4.69) is 79.1 Å². The van der Waals surface area contributed by atoms with Gasteiger partial charge >= 0.3 is 5.97 Å². The maximum absolute atomic E-state index is 12.3. The van der Waals surface area contributed by atoms with Crippen LogP contribution in [0.5, 0.6) is 0 Å². The van der Waals surface area contributed by atoms with Crippen molar-refractivity contribution in [1.29, 1.82) is 0 Å². The van der Waals surface area contributed by atoms with Gasteiger partial charge in [0.2, 0.25) is 0 Å². The molecule has 0 saturated carbocycles. The van der Waals surface area contributed by atoms with E-state index >= 15 is 0 Å². The van der Waals surface area contributed by atoms with Crippen LogP contribution in [0.4, 0.5) is 0 Å². The van der Waals surface area contributed by atoms with Gasteiger partial charge in [-0.2, -0.15) is 0 Å². The first kappa shape index (κ1) is 17.3. The molecular formula is C17H29N2O2P. The van der Waals surface area contributed by atoms with Crippen LogP contribution in [0.15, 0.2) is 24.3 Å². The maximum Gasteiger partial charge on any atom is 0.320 e. The van der Waals surface area contributed by atoms with Crippen molar-refractivity contribution in [2.24, 2.45) is 0 Å². The topological polar surface area (TPSA) is 32.8 Å². The van der Waals surface area contributed by atoms with Crippen LogP contribution < -0.4 is 0 Å². The van der Waals surface area contributed by atoms with Gasteiger partial charge in [-0.1, -0.05) is 0 Å². The first-order valence-electron chi connectivity index (χ1n) is 7.84. The van der Waals surface area contributed by atoms with Gasteiger partial charge in [-0.25, -0.2) is 0 Å². The lowest BCUT2D eigenvalue weighted by Gasteiger charge is -2.41. The minimum Gasteiger partial charge on any atom is -0.462 e. The van der Waals surface area contributed by atoms with Crippen molar-refractivity contribution >= 4 is 15.2 Å². The Hall–Kier alpha value is -1.02. The molecule has 0 bridgehead atoms. The van der Waals surface area contributed by atoms with Crippen molar-refractivity contribution < 1.29 is 9.53 Å². The zero-order chi connectivity index (χ0) is 16.9. The predicted octanol–water partition coefficient (Wildman–Crippen LogP) is 3.46. The largest absolute Gasteiger partial charge is 0.462 e. The summed E-state index contributed by atoms with van der Waals surface area (Å²) in [6.45, 7) is 15.0. The monoisotopic (exact) mass is 324 g/mol. The average Bonchev–Trinajstić information content (AvgIpc) is 2.80. The fourth-order valence-electron chi connectivity index (χ4n) is 2.92. The molecule has 2 aliphatic rings. The van der Waals surface area contributed by atoms with E-state index in [1.54, 1.807) is 0 Å². The first-order chi connectivity index (χ1) is 9.84. The molecule has 1 fully saturated rings. The summed E-state index contributed by atoms with van der Waals surface area (Å²) in [5.74, 6) is 0.883. The van der Waals surface area contributed by atoms with Crippen LogP contribution in [-0.2, 0) is 9.53 Å². The van der Waals surface area contributed by atoms with Gasteiger partial charge in [0.1, 0.15) is 17.1 Å². The summed E-state index contributed by atoms with van der Waals surface area (Å²) in [6.07, 6.45) is 6.89. The summed E-state index contributed by atoms with van der Waals surface area (Å²) in [5, 5.41) is -0.645. The molecule has 3 unspecified atom stereocenters. The number of hydrogen-bond acceptors (Lipinski definition) is 4. The lowest BCUT2D eigenvalue weighted by Crippen LogP contribution is -2.44. The number of ether oxygens (including phenoxy) is 1. The lowest BCUT2D eigenvalue weighted by atomic mass is 10.0. The highest BCUT2D eigenvalue weighted by Gasteiger charge is 2.45. The quantitative estimate of drug-likeness (QED) is 0.546. The van der Waals surface area contributed by atoms with Crippen LogP contribution in [0.2, 0.25) is 0 Å². The van der Waals surface area contributed by atoms with Gasteiger partial charge in [0.15, 0.2) is 0 Å². The Kier molecular flexibility index (Phi) is 4.15. The van der Waals surface area contributed by atoms with E-state index in [9.17, 15) is 4.79 Å². The summed E-state index contributed by atoms with van der Waals surface area (Å²) in [5.41, 5.74) is -0.116. The molecule has 0 spiro atoms. The Bertz CT molecular complexity index is 502. The minimum atomic E-state index is -0.645. The average molecular weight is 324 g/mol. The Labute approximate surface area is 136 Å². The highest BCUT2D eigenvalue weighted by Crippen LogP contribution is 2.41. The summed E-state index contributed by atoms with van der Waals surface area (Å²) >= 11 is 0. The van der Waals surface area contributed by atoms with Crippen molar-refractivity contribution in [2.75, 3.05) is 0 Å². The van der Waals surface area contributed by atoms with E-state index in [0.29, 0.717) is 6.42 Å². The lowest BCUT2D eigenvalue weighted by molar-refractivity contribution is -0.141. The van der Waals surface area contributed by atoms with Crippen LogP contribution in [-0.4, -0.2) is 38.1 Å².